The third-order valence-electron chi connectivity index (χ3n) is 21.0. The number of alkyl halides is 6. The molecular weight excluding hydrogens is 1430 g/mol. The number of aryl methyl sites for hydroxylation is 8. The van der Waals surface area contributed by atoms with Gasteiger partial charge in [0.1, 0.15) is 23.7 Å². The summed E-state index contributed by atoms with van der Waals surface area (Å²) >= 11 is 0. The zero-order valence-corrected chi connectivity index (χ0v) is 66.1. The third-order valence-corrected chi connectivity index (χ3v) is 21.0. The molecule has 4 atom stereocenters. The third kappa shape index (κ3) is 22.0. The van der Waals surface area contributed by atoms with Gasteiger partial charge in [0.2, 0.25) is 5.91 Å². The summed E-state index contributed by atoms with van der Waals surface area (Å²) < 4.78 is 126. The molecule has 588 valence electrons. The number of aromatic nitrogens is 2. The van der Waals surface area contributed by atoms with E-state index in [0.29, 0.717) is 58.3 Å². The van der Waals surface area contributed by atoms with E-state index in [1.165, 1.54) is 37.4 Å². The van der Waals surface area contributed by atoms with Gasteiger partial charge in [0.05, 0.1) is 43.2 Å². The quantitative estimate of drug-likeness (QED) is 0.0363. The highest BCUT2D eigenvalue weighted by Crippen LogP contribution is 2.49. The fourth-order valence-corrected chi connectivity index (χ4v) is 15.9. The first-order chi connectivity index (χ1) is 49.2. The van der Waals surface area contributed by atoms with Crippen LogP contribution in [0.15, 0.2) is 82.6 Å². The molecule has 2 unspecified atom stereocenters. The number of benzene rings is 4. The van der Waals surface area contributed by atoms with E-state index in [-0.39, 0.29) is 107 Å². The highest BCUT2D eigenvalue weighted by Gasteiger charge is 2.48. The lowest BCUT2D eigenvalue weighted by Gasteiger charge is -2.56. The van der Waals surface area contributed by atoms with Crippen molar-refractivity contribution >= 4 is 50.8 Å². The van der Waals surface area contributed by atoms with E-state index < -0.39 is 94.8 Å². The van der Waals surface area contributed by atoms with Gasteiger partial charge in [-0.25, -0.2) is 13.6 Å². The lowest BCUT2D eigenvalue weighted by atomic mass is 9.63. The Hall–Kier alpha value is -7.32. The lowest BCUT2D eigenvalue weighted by Crippen LogP contribution is -2.59. The minimum absolute atomic E-state index is 0. The Morgan fingerprint density at radius 1 is 0.542 bits per heavy atom. The molecule has 1 amide bonds. The molecule has 2 spiro atoms. The lowest BCUT2D eigenvalue weighted by molar-refractivity contribution is -0.144. The summed E-state index contributed by atoms with van der Waals surface area (Å²) in [5.74, 6) is -4.13. The number of esters is 2. The van der Waals surface area contributed by atoms with Crippen LogP contribution >= 0.6 is 27.0 Å². The van der Waals surface area contributed by atoms with Gasteiger partial charge in [-0.05, 0) is 234 Å². The Bertz CT molecular complexity index is 4240. The molecule has 4 N–H and O–H groups in total. The van der Waals surface area contributed by atoms with Gasteiger partial charge in [0, 0.05) is 81.0 Å². The van der Waals surface area contributed by atoms with Gasteiger partial charge in [0.25, 0.3) is 11.1 Å². The summed E-state index contributed by atoms with van der Waals surface area (Å²) in [6, 6.07) is 12.0. The van der Waals surface area contributed by atoms with E-state index in [1.807, 2.05) is 80.5 Å². The largest absolute Gasteiger partial charge is 0.480 e. The predicted octanol–water partition coefficient (Wildman–Crippen LogP) is 16.8. The van der Waals surface area contributed by atoms with E-state index >= 15 is 4.39 Å². The highest BCUT2D eigenvalue weighted by atomic mass is 32.1. The van der Waals surface area contributed by atoms with Crippen LogP contribution < -0.4 is 22.2 Å². The molecule has 2 aromatic heterocycles. The van der Waals surface area contributed by atoms with Crippen molar-refractivity contribution in [1.82, 2.24) is 24.3 Å². The number of halogens is 8. The van der Waals surface area contributed by atoms with Gasteiger partial charge < -0.3 is 44.6 Å². The number of carboxylic acids is 1. The number of hydrogen-bond donors (Lipinski definition) is 3. The topological polar surface area (TPSA) is 196 Å². The normalized spacial score (nSPS) is 16.2. The number of aliphatic carboxylic acids is 1. The molecular formula is C82H108F8N6O9S2. The molecule has 0 radical (unpaired) electrons. The number of amides is 1. The van der Waals surface area contributed by atoms with E-state index in [0.717, 1.165) is 98.9 Å². The molecule has 4 aromatic carbocycles. The maximum Gasteiger partial charge on any atom is 0.416 e. The summed E-state index contributed by atoms with van der Waals surface area (Å²) in [5, 5.41) is 12.3. The molecule has 4 aliphatic rings. The molecule has 2 saturated carbocycles. The van der Waals surface area contributed by atoms with Crippen molar-refractivity contribution in [2.45, 2.75) is 211 Å². The molecule has 0 bridgehead atoms. The van der Waals surface area contributed by atoms with Crippen LogP contribution in [0.4, 0.5) is 35.1 Å². The Morgan fingerprint density at radius 3 is 1.26 bits per heavy atom. The van der Waals surface area contributed by atoms with Gasteiger partial charge in [-0.1, -0.05) is 75.9 Å². The van der Waals surface area contributed by atoms with Crippen molar-refractivity contribution in [1.29, 1.82) is 0 Å². The molecule has 2 aliphatic carbocycles. The number of pyridine rings is 2. The molecule has 25 heteroatoms. The zero-order valence-electron chi connectivity index (χ0n) is 64.1. The molecule has 4 fully saturated rings. The van der Waals surface area contributed by atoms with E-state index in [2.05, 4.69) is 34.2 Å². The fraction of sp³-hybridized carbons (Fsp3) is 0.537. The molecule has 107 heavy (non-hydrogen) atoms. The number of nitrogens with two attached hydrogens (primary N) is 1. The number of carbonyl (C=O) groups excluding carboxylic acids is 3. The summed E-state index contributed by atoms with van der Waals surface area (Å²) in [7, 11) is 0. The monoisotopic (exact) mass is 1540 g/mol. The fourth-order valence-electron chi connectivity index (χ4n) is 15.9. The minimum atomic E-state index is -4.76. The summed E-state index contributed by atoms with van der Waals surface area (Å²) in [6.07, 6.45) is 0.00605. The van der Waals surface area contributed by atoms with Crippen LogP contribution in [0.1, 0.15) is 208 Å². The van der Waals surface area contributed by atoms with Gasteiger partial charge in [-0.2, -0.15) is 53.3 Å². The first-order valence-electron chi connectivity index (χ1n) is 36.6. The first-order valence-corrected chi connectivity index (χ1v) is 36.6. The van der Waals surface area contributed by atoms with Crippen LogP contribution in [0.5, 0.6) is 0 Å². The number of hydrogen-bond acceptors (Lipinski definition) is 11. The maximum atomic E-state index is 16.1. The number of carbonyl (C=O) groups is 4. The van der Waals surface area contributed by atoms with Crippen molar-refractivity contribution in [3.8, 4) is 22.3 Å². The Balaban J connectivity index is 0.000000274. The standard InChI is InChI=1S/C41H51F4N3O4.C21H26FNO2.C20H27F3N2O3.2H2S/c1-8-52-36(50)20-33(31-18-30(17-28(7)38(31)42)37-26(5)15-25(4)16-27(37)6)46-39(51)34(14-24(2)3)48-21-29(32(19-35(48)49)41(43,44)45)10-13-47-22-40(23-47)11-9-12-40;1-6-25-19(24)11-18(23)17-10-16(9-15(5)21(17)22)20-13(3)7-12(2)8-14(20)4;1-13(2)8-16(18(27)28)25-10-14(15(9-17(25)26)20(21,22)23)4-7-24-11-19(12-24)5-3-6-19;;/h15-19,21,24,33-34H,8-14,20,22-23H2,1-7H3,(H,46,51);7-10,18H,6,11,23H2,1-5H3;9-10,13,16H,3-8,11-12H2,1-2H3,(H,27,28);2*1H2/t33-,34?;18-;;;/m00.../s1. The highest BCUT2D eigenvalue weighted by molar-refractivity contribution is 7.59. The van der Waals surface area contributed by atoms with Crippen LogP contribution in [0.3, 0.4) is 0 Å². The second kappa shape index (κ2) is 36.9. The number of nitrogens with one attached hydrogen (secondary N) is 1. The Kier molecular flexibility index (Phi) is 30.6. The van der Waals surface area contributed by atoms with Gasteiger partial charge >= 0.3 is 30.3 Å². The first kappa shape index (κ1) is 88.6. The second-order valence-corrected chi connectivity index (χ2v) is 30.8. The molecule has 6 aromatic rings. The van der Waals surface area contributed by atoms with Crippen molar-refractivity contribution in [2.24, 2.45) is 28.4 Å². The summed E-state index contributed by atoms with van der Waals surface area (Å²) in [4.78, 5) is 80.5. The Labute approximate surface area is 637 Å². The smallest absolute Gasteiger partial charge is 0.416 e. The molecule has 2 saturated heterocycles. The van der Waals surface area contributed by atoms with Crippen LogP contribution in [-0.4, -0.2) is 100 Å². The number of rotatable bonds is 25. The van der Waals surface area contributed by atoms with Crippen LogP contribution in [0, 0.1) is 89.7 Å². The maximum absolute atomic E-state index is 16.1. The average molecular weight is 1540 g/mol. The van der Waals surface area contributed by atoms with Crippen molar-refractivity contribution in [3.05, 3.63) is 183 Å². The summed E-state index contributed by atoms with van der Waals surface area (Å²) in [5.41, 5.74) is 14.2. The van der Waals surface area contributed by atoms with Crippen molar-refractivity contribution in [3.63, 3.8) is 0 Å². The summed E-state index contributed by atoms with van der Waals surface area (Å²) in [6.45, 7) is 30.9. The Morgan fingerprint density at radius 2 is 0.907 bits per heavy atom. The van der Waals surface area contributed by atoms with Crippen molar-refractivity contribution in [2.75, 3.05) is 52.5 Å². The molecule has 10 rings (SSSR count). The molecule has 2 aliphatic heterocycles. The zero-order chi connectivity index (χ0) is 77.5. The number of carboxylic acid groups (broad SMARTS) is 1. The van der Waals surface area contributed by atoms with E-state index in [9.17, 15) is 64.6 Å². The number of ether oxygens (including phenoxy) is 2. The van der Waals surface area contributed by atoms with Gasteiger partial charge in [-0.3, -0.25) is 24.0 Å². The van der Waals surface area contributed by atoms with Crippen LogP contribution in [0.25, 0.3) is 22.3 Å². The number of likely N-dealkylation sites (tertiary alicyclic amines) is 2. The van der Waals surface area contributed by atoms with Crippen LogP contribution in [-0.2, 0) is 53.8 Å². The average Bonchev–Trinajstić information content (AvgIpc) is 0.771. The predicted molar refractivity (Wildman–Crippen MR) is 412 cm³/mol. The van der Waals surface area contributed by atoms with E-state index in [1.54, 1.807) is 45.9 Å². The minimum Gasteiger partial charge on any atom is -0.480 e. The molecule has 15 nitrogen and oxygen atoms in total. The van der Waals surface area contributed by atoms with Gasteiger partial charge in [-0.15, -0.1) is 0 Å². The second-order valence-electron chi connectivity index (χ2n) is 30.8. The number of nitrogens with zero attached hydrogens (tertiary/aromatic N) is 4. The molecule has 4 heterocycles. The van der Waals surface area contributed by atoms with E-state index in [4.69, 9.17) is 15.2 Å². The van der Waals surface area contributed by atoms with Gasteiger partial charge in [0.15, 0.2) is 0 Å². The SMILES string of the molecule is CC(C)CC(C(=O)O)n1cc(CCN2CC3(CCC3)C2)c(C(F)(F)F)cc1=O.CCOC(=O)C[C@H](N)c1cc(-c2c(C)cc(C)cc2C)cc(C)c1F.CCOC(=O)C[C@H](NC(=O)C(CC(C)C)n1cc(CCN2CC3(CCC3)C2)c(C(F)(F)F)cc1=O)c1cc(-c2c(C)cc(C)cc2C)cc(C)c1F.S.S. The van der Waals surface area contributed by atoms with Crippen molar-refractivity contribution < 1.29 is 68.9 Å². The van der Waals surface area contributed by atoms with Crippen LogP contribution in [0.2, 0.25) is 0 Å².